The Labute approximate surface area is 218 Å². The van der Waals surface area contributed by atoms with Crippen molar-refractivity contribution in [3.63, 3.8) is 0 Å². The van der Waals surface area contributed by atoms with E-state index in [4.69, 9.17) is 58.0 Å². The summed E-state index contributed by atoms with van der Waals surface area (Å²) in [6, 6.07) is 6.45. The van der Waals surface area contributed by atoms with Crippen molar-refractivity contribution < 1.29 is 22.8 Å². The number of amides is 1. The summed E-state index contributed by atoms with van der Waals surface area (Å²) in [5.74, 6) is -4.90. The molecule has 0 radical (unpaired) electrons. The van der Waals surface area contributed by atoms with Crippen LogP contribution in [0, 0.1) is 11.2 Å². The van der Waals surface area contributed by atoms with E-state index in [0.29, 0.717) is 17.5 Å². The molecule has 2 aromatic rings. The minimum Gasteiger partial charge on any atom is -0.384 e. The third kappa shape index (κ3) is 4.46. The van der Waals surface area contributed by atoms with E-state index in [1.807, 2.05) is 0 Å². The average Bonchev–Trinajstić information content (AvgIpc) is 3.24. The lowest BCUT2D eigenvalue weighted by atomic mass is 9.88. The first kappa shape index (κ1) is 25.7. The summed E-state index contributed by atoms with van der Waals surface area (Å²) in [6.07, 6.45) is -0.249. The third-order valence-electron chi connectivity index (χ3n) is 6.19. The van der Waals surface area contributed by atoms with Crippen LogP contribution in [-0.4, -0.2) is 35.0 Å². The van der Waals surface area contributed by atoms with Crippen LogP contribution in [0.25, 0.3) is 0 Å². The molecule has 0 heterocycles. The summed E-state index contributed by atoms with van der Waals surface area (Å²) < 4.78 is 38.4. The molecule has 1 amide bonds. The van der Waals surface area contributed by atoms with Gasteiger partial charge < -0.3 is 15.4 Å². The summed E-state index contributed by atoms with van der Waals surface area (Å²) >= 11 is 30.8. The van der Waals surface area contributed by atoms with Gasteiger partial charge in [0, 0.05) is 37.0 Å². The Kier molecular flexibility index (Phi) is 6.75. The van der Waals surface area contributed by atoms with Gasteiger partial charge in [0.2, 0.25) is 0 Å². The Hall–Kier alpha value is -1.38. The maximum absolute atomic E-state index is 13.8. The van der Waals surface area contributed by atoms with E-state index in [1.54, 1.807) is 6.07 Å². The van der Waals surface area contributed by atoms with Crippen LogP contribution in [0.3, 0.4) is 0 Å². The molecule has 0 bridgehead atoms. The highest BCUT2D eigenvalue weighted by atomic mass is 35.5. The van der Waals surface area contributed by atoms with E-state index in [9.17, 15) is 22.8 Å². The highest BCUT2D eigenvalue weighted by Crippen LogP contribution is 2.73. The molecule has 0 spiro atoms. The van der Waals surface area contributed by atoms with E-state index in [0.717, 1.165) is 0 Å². The predicted octanol–water partition coefficient (Wildman–Crippen LogP) is 6.88. The van der Waals surface area contributed by atoms with Crippen LogP contribution in [0.5, 0.6) is 0 Å². The summed E-state index contributed by atoms with van der Waals surface area (Å²) in [7, 11) is 0. The van der Waals surface area contributed by atoms with Crippen molar-refractivity contribution in [1.82, 2.24) is 5.32 Å². The van der Waals surface area contributed by atoms with Gasteiger partial charge in [0.25, 0.3) is 11.8 Å². The van der Waals surface area contributed by atoms with E-state index in [-0.39, 0.29) is 27.2 Å². The monoisotopic (exact) mass is 572 g/mol. The number of rotatable bonds is 7. The SMILES string of the molecule is O=CC1(CNc2ccc(Cl)c(C(=O)NC3CC(F)(F)C3)c2)C(c2cc(Cl)c(F)c(Cl)c2)C1(Cl)Cl. The number of carbonyl (C=O) groups is 2. The van der Waals surface area contributed by atoms with Gasteiger partial charge in [-0.15, -0.1) is 0 Å². The standard InChI is InChI=1S/C22H16Cl5F3N2O2/c23-14-2-1-11(5-13(14)19(34)32-12-6-21(29,30)7-12)31-8-20(9-33)18(22(20,26)27)10-3-15(24)17(28)16(25)4-10/h1-5,9,12,18,31H,6-8H2,(H,32,34). The zero-order chi connectivity index (χ0) is 25.1. The lowest BCUT2D eigenvalue weighted by molar-refractivity contribution is -0.112. The Morgan fingerprint density at radius 1 is 1.06 bits per heavy atom. The van der Waals surface area contributed by atoms with Crippen molar-refractivity contribution in [1.29, 1.82) is 0 Å². The second-order valence-electron chi connectivity index (χ2n) is 8.50. The molecule has 182 valence electrons. The van der Waals surface area contributed by atoms with Crippen molar-refractivity contribution in [3.8, 4) is 0 Å². The van der Waals surface area contributed by atoms with Gasteiger partial charge in [-0.05, 0) is 35.9 Å². The lowest BCUT2D eigenvalue weighted by Crippen LogP contribution is -2.50. The number of aldehydes is 1. The molecule has 4 nitrogen and oxygen atoms in total. The van der Waals surface area contributed by atoms with E-state index in [1.165, 1.54) is 24.3 Å². The number of halogens is 8. The fraction of sp³-hybridized carbons (Fsp3) is 0.364. The number of benzene rings is 2. The first-order valence-electron chi connectivity index (χ1n) is 10.0. The Morgan fingerprint density at radius 3 is 2.24 bits per heavy atom. The Balaban J connectivity index is 1.50. The molecule has 0 aliphatic heterocycles. The summed E-state index contributed by atoms with van der Waals surface area (Å²) in [4.78, 5) is 24.6. The molecule has 2 atom stereocenters. The maximum Gasteiger partial charge on any atom is 0.253 e. The van der Waals surface area contributed by atoms with E-state index < -0.39 is 52.2 Å². The van der Waals surface area contributed by atoms with Gasteiger partial charge in [-0.3, -0.25) is 4.79 Å². The molecule has 2 aromatic carbocycles. The van der Waals surface area contributed by atoms with Crippen molar-refractivity contribution in [2.75, 3.05) is 11.9 Å². The highest BCUT2D eigenvalue weighted by molar-refractivity contribution is 6.54. The van der Waals surface area contributed by atoms with Crippen LogP contribution in [-0.2, 0) is 4.79 Å². The first-order chi connectivity index (χ1) is 15.8. The van der Waals surface area contributed by atoms with Crippen LogP contribution in [0.15, 0.2) is 30.3 Å². The third-order valence-corrected chi connectivity index (χ3v) is 8.21. The fourth-order valence-electron chi connectivity index (χ4n) is 4.22. The van der Waals surface area contributed by atoms with Crippen LogP contribution in [0.2, 0.25) is 15.1 Å². The van der Waals surface area contributed by atoms with Gasteiger partial charge in [-0.1, -0.05) is 58.0 Å². The molecule has 2 aliphatic rings. The number of hydrogen-bond donors (Lipinski definition) is 2. The van der Waals surface area contributed by atoms with Crippen molar-refractivity contribution in [3.05, 3.63) is 62.3 Å². The van der Waals surface area contributed by atoms with E-state index >= 15 is 0 Å². The zero-order valence-corrected chi connectivity index (χ0v) is 20.9. The van der Waals surface area contributed by atoms with Gasteiger partial charge in [-0.25, -0.2) is 13.2 Å². The zero-order valence-electron chi connectivity index (χ0n) is 17.1. The van der Waals surface area contributed by atoms with Gasteiger partial charge in [0.1, 0.15) is 10.6 Å². The van der Waals surface area contributed by atoms with Gasteiger partial charge in [0.15, 0.2) is 5.82 Å². The smallest absolute Gasteiger partial charge is 0.253 e. The molecule has 2 fully saturated rings. The van der Waals surface area contributed by atoms with Crippen molar-refractivity contribution in [2.45, 2.75) is 35.1 Å². The topological polar surface area (TPSA) is 58.2 Å². The Bertz CT molecular complexity index is 1150. The summed E-state index contributed by atoms with van der Waals surface area (Å²) in [5, 5.41) is 5.20. The number of hydrogen-bond acceptors (Lipinski definition) is 3. The lowest BCUT2D eigenvalue weighted by Gasteiger charge is -2.35. The van der Waals surface area contributed by atoms with Crippen LogP contribution in [0.4, 0.5) is 18.9 Å². The predicted molar refractivity (Wildman–Crippen MR) is 127 cm³/mol. The molecule has 34 heavy (non-hydrogen) atoms. The van der Waals surface area contributed by atoms with Crippen LogP contribution >= 0.6 is 58.0 Å². The van der Waals surface area contributed by atoms with Gasteiger partial charge in [-0.2, -0.15) is 0 Å². The Morgan fingerprint density at radius 2 is 1.68 bits per heavy atom. The van der Waals surface area contributed by atoms with Crippen LogP contribution < -0.4 is 10.6 Å². The average molecular weight is 575 g/mol. The molecule has 0 saturated heterocycles. The molecular weight excluding hydrogens is 559 g/mol. The minimum absolute atomic E-state index is 0.0433. The molecule has 2 aliphatic carbocycles. The molecule has 4 rings (SSSR count). The molecular formula is C22H16Cl5F3N2O2. The van der Waals surface area contributed by atoms with Gasteiger partial charge >= 0.3 is 0 Å². The fourth-order valence-corrected chi connectivity index (χ4v) is 5.90. The molecule has 2 unspecified atom stereocenters. The van der Waals surface area contributed by atoms with Gasteiger partial charge in [0.05, 0.1) is 26.0 Å². The number of nitrogens with one attached hydrogen (secondary N) is 2. The second kappa shape index (κ2) is 8.93. The number of carbonyl (C=O) groups excluding carboxylic acids is 2. The number of alkyl halides is 4. The second-order valence-corrected chi connectivity index (χ2v) is 11.1. The summed E-state index contributed by atoms with van der Waals surface area (Å²) in [6.45, 7) is -0.0433. The van der Waals surface area contributed by atoms with Crippen molar-refractivity contribution in [2.24, 2.45) is 5.41 Å². The highest BCUT2D eigenvalue weighted by Gasteiger charge is 2.76. The molecule has 2 saturated carbocycles. The quantitative estimate of drug-likeness (QED) is 0.215. The van der Waals surface area contributed by atoms with E-state index in [2.05, 4.69) is 10.6 Å². The van der Waals surface area contributed by atoms with Crippen LogP contribution in [0.1, 0.15) is 34.7 Å². The number of anilines is 1. The maximum atomic E-state index is 13.8. The molecule has 12 heteroatoms. The first-order valence-corrected chi connectivity index (χ1v) is 11.9. The largest absolute Gasteiger partial charge is 0.384 e. The minimum atomic E-state index is -2.77. The van der Waals surface area contributed by atoms with Crippen molar-refractivity contribution >= 4 is 75.9 Å². The summed E-state index contributed by atoms with van der Waals surface area (Å²) in [5.41, 5.74) is -0.418. The molecule has 2 N–H and O–H groups in total. The molecule has 0 aromatic heterocycles. The normalized spacial score (nSPS) is 24.8.